The van der Waals surface area contributed by atoms with Crippen molar-refractivity contribution in [3.05, 3.63) is 0 Å². The fourth-order valence-electron chi connectivity index (χ4n) is 1.42. The van der Waals surface area contributed by atoms with Crippen molar-refractivity contribution in [3.63, 3.8) is 0 Å². The topological polar surface area (TPSA) is 101 Å². The Kier molecular flexibility index (Phi) is 2.60. The Labute approximate surface area is 76.6 Å². The largest absolute Gasteiger partial charge is 0.362 e. The summed E-state index contributed by atoms with van der Waals surface area (Å²) in [5.41, 5.74) is 5.37. The monoisotopic (exact) mass is 208 g/mol. The molecule has 0 aromatic carbocycles. The van der Waals surface area contributed by atoms with Crippen LogP contribution in [-0.4, -0.2) is 35.3 Å². The molecule has 1 heterocycles. The number of hydrogen-bond donors (Lipinski definition) is 2. The third kappa shape index (κ3) is 1.67. The van der Waals surface area contributed by atoms with Crippen molar-refractivity contribution in [2.45, 2.75) is 31.8 Å². The Bertz CT molecular complexity index is 313. The van der Waals surface area contributed by atoms with E-state index in [-0.39, 0.29) is 0 Å². The molecule has 0 spiro atoms. The molecule has 0 saturated carbocycles. The van der Waals surface area contributed by atoms with Gasteiger partial charge in [0.2, 0.25) is 0 Å². The van der Waals surface area contributed by atoms with Crippen LogP contribution in [0.3, 0.4) is 0 Å². The molecule has 1 aliphatic heterocycles. The fourth-order valence-corrected chi connectivity index (χ4v) is 2.34. The summed E-state index contributed by atoms with van der Waals surface area (Å²) in [6.07, 6.45) is 1.18. The highest BCUT2D eigenvalue weighted by atomic mass is 32.2. The average Bonchev–Trinajstić information content (AvgIpc) is 2.01. The number of β-lactam (4-membered cyclic amide) rings is 1. The molecule has 76 valence electrons. The van der Waals surface area contributed by atoms with Gasteiger partial charge in [0.05, 0.1) is 6.04 Å². The van der Waals surface area contributed by atoms with Crippen molar-refractivity contribution < 1.29 is 17.8 Å². The molecule has 1 saturated heterocycles. The maximum absolute atomic E-state index is 11.0. The van der Waals surface area contributed by atoms with Crippen molar-refractivity contribution in [2.75, 3.05) is 0 Å². The van der Waals surface area contributed by atoms with Crippen LogP contribution >= 0.6 is 0 Å². The van der Waals surface area contributed by atoms with E-state index in [1.54, 1.807) is 0 Å². The highest BCUT2D eigenvalue weighted by Crippen LogP contribution is 2.25. The van der Waals surface area contributed by atoms with Gasteiger partial charge in [-0.25, -0.2) is 4.31 Å². The smallest absolute Gasteiger partial charge is 0.318 e. The third-order valence-electron chi connectivity index (χ3n) is 2.05. The maximum Gasteiger partial charge on any atom is 0.362 e. The summed E-state index contributed by atoms with van der Waals surface area (Å²) in [4.78, 5) is 11.0. The lowest BCUT2D eigenvalue weighted by Crippen LogP contribution is -2.69. The summed E-state index contributed by atoms with van der Waals surface area (Å²) >= 11 is 0. The third-order valence-corrected chi connectivity index (χ3v) is 3.00. The normalized spacial score (nSPS) is 28.8. The number of hydrogen-bond acceptors (Lipinski definition) is 4. The van der Waals surface area contributed by atoms with Gasteiger partial charge in [-0.1, -0.05) is 13.3 Å². The van der Waals surface area contributed by atoms with Crippen molar-refractivity contribution in [2.24, 2.45) is 5.73 Å². The van der Waals surface area contributed by atoms with Crippen LogP contribution in [0.5, 0.6) is 0 Å². The SMILES string of the molecule is CCC[C@H]1[C@H](N)C(=O)N1S(=O)(=O)O. The fraction of sp³-hybridized carbons (Fsp3) is 0.833. The minimum Gasteiger partial charge on any atom is -0.318 e. The van der Waals surface area contributed by atoms with Gasteiger partial charge in [0.25, 0.3) is 5.91 Å². The molecule has 13 heavy (non-hydrogen) atoms. The molecule has 2 atom stereocenters. The summed E-state index contributed by atoms with van der Waals surface area (Å²) < 4.78 is 30.4. The van der Waals surface area contributed by atoms with Gasteiger partial charge < -0.3 is 5.73 Å². The van der Waals surface area contributed by atoms with Gasteiger partial charge in [-0.15, -0.1) is 0 Å². The van der Waals surface area contributed by atoms with Crippen LogP contribution in [0.15, 0.2) is 0 Å². The van der Waals surface area contributed by atoms with Crippen molar-refractivity contribution in [1.82, 2.24) is 4.31 Å². The van der Waals surface area contributed by atoms with E-state index >= 15 is 0 Å². The van der Waals surface area contributed by atoms with Crippen LogP contribution in [0.1, 0.15) is 19.8 Å². The van der Waals surface area contributed by atoms with Gasteiger partial charge in [-0.2, -0.15) is 8.42 Å². The second-order valence-corrected chi connectivity index (χ2v) is 4.28. The Morgan fingerprint density at radius 1 is 1.62 bits per heavy atom. The molecular formula is C6H12N2O4S. The summed E-state index contributed by atoms with van der Waals surface area (Å²) in [5, 5.41) is 0. The van der Waals surface area contributed by atoms with Crippen LogP contribution in [0.2, 0.25) is 0 Å². The maximum atomic E-state index is 11.0. The number of carbonyl (C=O) groups excluding carboxylic acids is 1. The Morgan fingerprint density at radius 3 is 2.54 bits per heavy atom. The number of amides is 1. The minimum atomic E-state index is -4.42. The van der Waals surface area contributed by atoms with Crippen LogP contribution < -0.4 is 5.73 Å². The molecule has 0 radical (unpaired) electrons. The van der Waals surface area contributed by atoms with Gasteiger partial charge in [-0.3, -0.25) is 9.35 Å². The van der Waals surface area contributed by atoms with Gasteiger partial charge >= 0.3 is 10.3 Å². The zero-order valence-corrected chi connectivity index (χ0v) is 7.99. The molecule has 0 unspecified atom stereocenters. The van der Waals surface area contributed by atoms with Crippen LogP contribution in [0.4, 0.5) is 0 Å². The summed E-state index contributed by atoms with van der Waals surface area (Å²) in [6.45, 7) is 1.84. The molecule has 1 rings (SSSR count). The molecule has 1 fully saturated rings. The molecule has 1 amide bonds. The van der Waals surface area contributed by atoms with E-state index in [4.69, 9.17) is 10.3 Å². The van der Waals surface area contributed by atoms with E-state index in [0.29, 0.717) is 17.1 Å². The number of nitrogens with zero attached hydrogens (tertiary/aromatic N) is 1. The van der Waals surface area contributed by atoms with E-state index in [2.05, 4.69) is 0 Å². The lowest BCUT2D eigenvalue weighted by atomic mass is 9.96. The molecule has 0 aromatic rings. The van der Waals surface area contributed by atoms with Crippen molar-refractivity contribution >= 4 is 16.2 Å². The Balaban J connectivity index is 2.81. The van der Waals surface area contributed by atoms with E-state index < -0.39 is 28.3 Å². The van der Waals surface area contributed by atoms with Crippen LogP contribution in [0, 0.1) is 0 Å². The standard InChI is InChI=1S/C6H12N2O4S/c1-2-3-4-5(7)6(9)8(4)13(10,11)12/h4-5H,2-3,7H2,1H3,(H,10,11,12)/t4-,5-/m0/s1. The van der Waals surface area contributed by atoms with Crippen molar-refractivity contribution in [1.29, 1.82) is 0 Å². The predicted octanol–water partition coefficient (Wildman–Crippen LogP) is -0.873. The van der Waals surface area contributed by atoms with E-state index in [9.17, 15) is 13.2 Å². The van der Waals surface area contributed by atoms with Crippen molar-refractivity contribution in [3.8, 4) is 0 Å². The second kappa shape index (κ2) is 3.24. The van der Waals surface area contributed by atoms with Gasteiger partial charge in [-0.05, 0) is 6.42 Å². The Morgan fingerprint density at radius 2 is 2.15 bits per heavy atom. The highest BCUT2D eigenvalue weighted by Gasteiger charge is 2.50. The van der Waals surface area contributed by atoms with Crippen LogP contribution in [-0.2, 0) is 15.1 Å². The number of nitrogens with two attached hydrogens (primary N) is 1. The number of rotatable bonds is 3. The molecule has 7 heteroatoms. The zero-order chi connectivity index (χ0) is 10.2. The van der Waals surface area contributed by atoms with E-state index in [1.807, 2.05) is 6.92 Å². The lowest BCUT2D eigenvalue weighted by molar-refractivity contribution is -0.141. The number of carbonyl (C=O) groups is 1. The molecular weight excluding hydrogens is 196 g/mol. The van der Waals surface area contributed by atoms with E-state index in [0.717, 1.165) is 0 Å². The molecule has 6 nitrogen and oxygen atoms in total. The Hall–Kier alpha value is -0.660. The van der Waals surface area contributed by atoms with E-state index in [1.165, 1.54) is 0 Å². The predicted molar refractivity (Wildman–Crippen MR) is 45.1 cm³/mol. The molecule has 1 aliphatic rings. The molecule has 0 aromatic heterocycles. The van der Waals surface area contributed by atoms with Gasteiger partial charge in [0.15, 0.2) is 0 Å². The van der Waals surface area contributed by atoms with Gasteiger partial charge in [0.1, 0.15) is 6.04 Å². The quantitative estimate of drug-likeness (QED) is 0.463. The first-order valence-corrected chi connectivity index (χ1v) is 5.35. The first kappa shape index (κ1) is 10.4. The molecule has 0 bridgehead atoms. The summed E-state index contributed by atoms with van der Waals surface area (Å²) in [5.74, 6) is -0.735. The molecule has 0 aliphatic carbocycles. The highest BCUT2D eigenvalue weighted by molar-refractivity contribution is 7.84. The van der Waals surface area contributed by atoms with Gasteiger partial charge in [0, 0.05) is 0 Å². The minimum absolute atomic E-state index is 0.446. The molecule has 3 N–H and O–H groups in total. The average molecular weight is 208 g/mol. The summed E-state index contributed by atoms with van der Waals surface area (Å²) in [6, 6.07) is -1.37. The first-order chi connectivity index (χ1) is 5.89. The van der Waals surface area contributed by atoms with Crippen LogP contribution in [0.25, 0.3) is 0 Å². The second-order valence-electron chi connectivity index (χ2n) is 2.99. The summed E-state index contributed by atoms with van der Waals surface area (Å²) in [7, 11) is -4.42. The first-order valence-electron chi connectivity index (χ1n) is 3.96. The lowest BCUT2D eigenvalue weighted by Gasteiger charge is -2.42. The zero-order valence-electron chi connectivity index (χ0n) is 7.17.